The van der Waals surface area contributed by atoms with E-state index >= 15 is 0 Å². The molecule has 0 saturated carbocycles. The number of ether oxygens (including phenoxy) is 4. The van der Waals surface area contributed by atoms with Gasteiger partial charge in [-0.15, -0.1) is 0 Å². The summed E-state index contributed by atoms with van der Waals surface area (Å²) in [6.07, 6.45) is 0.769. The molecule has 0 atom stereocenters. The summed E-state index contributed by atoms with van der Waals surface area (Å²) in [5.41, 5.74) is 3.94. The molecular weight excluding hydrogens is 430 g/mol. The van der Waals surface area contributed by atoms with Crippen LogP contribution in [-0.4, -0.2) is 35.0 Å². The molecule has 6 heteroatoms. The monoisotopic (exact) mass is 459 g/mol. The van der Waals surface area contributed by atoms with Crippen molar-refractivity contribution < 1.29 is 23.4 Å². The van der Waals surface area contributed by atoms with Crippen molar-refractivity contribution in [3.8, 4) is 34.3 Å². The van der Waals surface area contributed by atoms with Gasteiger partial charge >= 0.3 is 0 Å². The average Bonchev–Trinajstić information content (AvgIpc) is 2.88. The van der Waals surface area contributed by atoms with Gasteiger partial charge in [0.25, 0.3) is 0 Å². The normalized spacial score (nSPS) is 11.5. The predicted molar refractivity (Wildman–Crippen MR) is 133 cm³/mol. The number of hydrogen-bond acceptors (Lipinski definition) is 6. The van der Waals surface area contributed by atoms with Gasteiger partial charge in [-0.05, 0) is 61.4 Å². The van der Waals surface area contributed by atoms with E-state index in [1.165, 1.54) is 0 Å². The summed E-state index contributed by atoms with van der Waals surface area (Å²) in [5, 5.41) is 1.87. The van der Waals surface area contributed by atoms with Gasteiger partial charge in [0.2, 0.25) is 0 Å². The first-order chi connectivity index (χ1) is 16.6. The maximum atomic E-state index is 6.25. The zero-order valence-electron chi connectivity index (χ0n) is 20.2. The molecule has 4 aromatic rings. The molecule has 0 fully saturated rings. The Hall–Kier alpha value is -3.93. The van der Waals surface area contributed by atoms with Gasteiger partial charge in [-0.3, -0.25) is 4.99 Å². The molecule has 1 heterocycles. The van der Waals surface area contributed by atoms with E-state index in [0.717, 1.165) is 45.2 Å². The summed E-state index contributed by atoms with van der Waals surface area (Å²) in [6.45, 7) is 2.68. The van der Waals surface area contributed by atoms with Gasteiger partial charge in [0.05, 0.1) is 33.8 Å². The lowest BCUT2D eigenvalue weighted by Crippen LogP contribution is -2.06. The van der Waals surface area contributed by atoms with Gasteiger partial charge in [-0.1, -0.05) is 17.7 Å². The average molecular weight is 460 g/mol. The van der Waals surface area contributed by atoms with Crippen molar-refractivity contribution in [1.82, 2.24) is 0 Å². The highest BCUT2D eigenvalue weighted by molar-refractivity contribution is 5.79. The van der Waals surface area contributed by atoms with Crippen LogP contribution in [0.4, 0.5) is 0 Å². The molecule has 4 rings (SSSR count). The minimum Gasteiger partial charge on any atom is -0.493 e. The van der Waals surface area contributed by atoms with Crippen molar-refractivity contribution >= 4 is 11.0 Å². The lowest BCUT2D eigenvalue weighted by Gasteiger charge is -2.10. The van der Waals surface area contributed by atoms with Crippen LogP contribution in [0.25, 0.3) is 22.3 Å². The predicted octanol–water partition coefficient (Wildman–Crippen LogP) is 5.59. The Morgan fingerprint density at radius 2 is 1.38 bits per heavy atom. The fourth-order valence-corrected chi connectivity index (χ4v) is 3.89. The summed E-state index contributed by atoms with van der Waals surface area (Å²) >= 11 is 0. The zero-order chi connectivity index (χ0) is 24.1. The van der Waals surface area contributed by atoms with E-state index in [1.54, 1.807) is 28.4 Å². The number of hydrogen-bond donors (Lipinski definition) is 0. The quantitative estimate of drug-likeness (QED) is 0.344. The molecule has 176 valence electrons. The SMILES string of the molecule is COc1ccc(CCN=c2cc(-c3ccc(OC)c(OC)c3)oc3ccc(C)cc23)cc1OC. The molecule has 0 amide bonds. The highest BCUT2D eigenvalue weighted by Gasteiger charge is 2.11. The second-order valence-corrected chi connectivity index (χ2v) is 7.89. The maximum Gasteiger partial charge on any atom is 0.161 e. The maximum absolute atomic E-state index is 6.25. The first-order valence-corrected chi connectivity index (χ1v) is 11.0. The van der Waals surface area contributed by atoms with Crippen LogP contribution >= 0.6 is 0 Å². The van der Waals surface area contributed by atoms with Crippen LogP contribution in [0.2, 0.25) is 0 Å². The topological polar surface area (TPSA) is 62.4 Å². The van der Waals surface area contributed by atoms with Crippen molar-refractivity contribution in [2.45, 2.75) is 13.3 Å². The van der Waals surface area contributed by atoms with Crippen molar-refractivity contribution in [1.29, 1.82) is 0 Å². The smallest absolute Gasteiger partial charge is 0.161 e. The lowest BCUT2D eigenvalue weighted by atomic mass is 10.1. The Labute approximate surface area is 199 Å². The first-order valence-electron chi connectivity index (χ1n) is 11.0. The summed E-state index contributed by atoms with van der Waals surface area (Å²) < 4.78 is 27.9. The van der Waals surface area contributed by atoms with Crippen LogP contribution in [0.3, 0.4) is 0 Å². The van der Waals surface area contributed by atoms with Crippen LogP contribution in [0.15, 0.2) is 70.1 Å². The number of fused-ring (bicyclic) bond motifs is 1. The molecule has 0 bridgehead atoms. The Morgan fingerprint density at radius 1 is 0.706 bits per heavy atom. The van der Waals surface area contributed by atoms with Crippen LogP contribution in [-0.2, 0) is 6.42 Å². The van der Waals surface area contributed by atoms with Gasteiger partial charge in [0.1, 0.15) is 11.3 Å². The van der Waals surface area contributed by atoms with Crippen molar-refractivity contribution in [2.24, 2.45) is 4.99 Å². The minimum atomic E-state index is 0.619. The molecule has 3 aromatic carbocycles. The van der Waals surface area contributed by atoms with Crippen molar-refractivity contribution in [2.75, 3.05) is 35.0 Å². The highest BCUT2D eigenvalue weighted by atomic mass is 16.5. The van der Waals surface area contributed by atoms with Crippen LogP contribution < -0.4 is 24.3 Å². The zero-order valence-corrected chi connectivity index (χ0v) is 20.2. The summed E-state index contributed by atoms with van der Waals surface area (Å²) in [4.78, 5) is 4.94. The molecule has 0 aliphatic rings. The Morgan fingerprint density at radius 3 is 2.09 bits per heavy atom. The van der Waals surface area contributed by atoms with E-state index in [4.69, 9.17) is 28.4 Å². The molecule has 34 heavy (non-hydrogen) atoms. The standard InChI is InChI=1S/C28H29NO5/c1-18-6-9-23-21(14-18)22(29-13-12-19-7-10-24(30-2)27(15-19)32-4)17-26(34-23)20-8-11-25(31-3)28(16-20)33-5/h6-11,14-17H,12-13H2,1-5H3. The van der Waals surface area contributed by atoms with Crippen LogP contribution in [0.5, 0.6) is 23.0 Å². The van der Waals surface area contributed by atoms with Crippen molar-refractivity contribution in [3.05, 3.63) is 77.1 Å². The fourth-order valence-electron chi connectivity index (χ4n) is 3.89. The lowest BCUT2D eigenvalue weighted by molar-refractivity contribution is 0.354. The summed E-state index contributed by atoms with van der Waals surface area (Å²) in [6, 6.07) is 19.8. The van der Waals surface area contributed by atoms with Gasteiger partial charge in [-0.2, -0.15) is 0 Å². The highest BCUT2D eigenvalue weighted by Crippen LogP contribution is 2.33. The molecule has 0 aliphatic carbocycles. The summed E-state index contributed by atoms with van der Waals surface area (Å²) in [5.74, 6) is 3.46. The van der Waals surface area contributed by atoms with Crippen LogP contribution in [0, 0.1) is 6.92 Å². The van der Waals surface area contributed by atoms with Gasteiger partial charge < -0.3 is 23.4 Å². The minimum absolute atomic E-state index is 0.619. The summed E-state index contributed by atoms with van der Waals surface area (Å²) in [7, 11) is 6.52. The number of benzene rings is 3. The largest absolute Gasteiger partial charge is 0.493 e. The Bertz CT molecular complexity index is 1370. The Kier molecular flexibility index (Phi) is 7.07. The molecule has 0 radical (unpaired) electrons. The molecule has 0 N–H and O–H groups in total. The third kappa shape index (κ3) is 4.86. The van der Waals surface area contributed by atoms with E-state index in [1.807, 2.05) is 54.6 Å². The van der Waals surface area contributed by atoms with Gasteiger partial charge in [0.15, 0.2) is 23.0 Å². The fraction of sp³-hybridized carbons (Fsp3) is 0.250. The molecule has 0 saturated heterocycles. The molecule has 0 unspecified atom stereocenters. The van der Waals surface area contributed by atoms with Gasteiger partial charge in [0, 0.05) is 23.6 Å². The van der Waals surface area contributed by atoms with E-state index < -0.39 is 0 Å². The van der Waals surface area contributed by atoms with Crippen molar-refractivity contribution in [3.63, 3.8) is 0 Å². The first kappa shape index (κ1) is 23.2. The third-order valence-electron chi connectivity index (χ3n) is 5.70. The number of aryl methyl sites for hydroxylation is 1. The number of rotatable bonds is 8. The van der Waals surface area contributed by atoms with Crippen LogP contribution in [0.1, 0.15) is 11.1 Å². The molecule has 0 spiro atoms. The molecular formula is C28H29NO5. The molecule has 6 nitrogen and oxygen atoms in total. The van der Waals surface area contributed by atoms with E-state index in [2.05, 4.69) is 13.0 Å². The second kappa shape index (κ2) is 10.3. The van der Waals surface area contributed by atoms with E-state index in [9.17, 15) is 0 Å². The second-order valence-electron chi connectivity index (χ2n) is 7.89. The molecule has 1 aromatic heterocycles. The molecule has 0 aliphatic heterocycles. The Balaban J connectivity index is 1.73. The van der Waals surface area contributed by atoms with E-state index in [-0.39, 0.29) is 0 Å². The van der Waals surface area contributed by atoms with E-state index in [0.29, 0.717) is 29.6 Å². The number of nitrogens with zero attached hydrogens (tertiary/aromatic N) is 1. The van der Waals surface area contributed by atoms with Gasteiger partial charge in [-0.25, -0.2) is 0 Å². The third-order valence-corrected chi connectivity index (χ3v) is 5.70. The number of methoxy groups -OCH3 is 4.